The molecule has 2 aliphatic heterocycles. The Bertz CT molecular complexity index is 3280. The van der Waals surface area contributed by atoms with Gasteiger partial charge in [-0.1, -0.05) is 188 Å². The van der Waals surface area contributed by atoms with Crippen LogP contribution in [0.1, 0.15) is 40.9 Å². The second-order valence-electron chi connectivity index (χ2n) is 16.2. The molecule has 9 aromatic carbocycles. The van der Waals surface area contributed by atoms with Crippen LogP contribution in [0.5, 0.6) is 0 Å². The van der Waals surface area contributed by atoms with Crippen molar-refractivity contribution in [1.82, 2.24) is 0 Å². The van der Waals surface area contributed by atoms with Gasteiger partial charge in [0.15, 0.2) is 0 Å². The largest absolute Gasteiger partial charge is 0.359 e. The lowest BCUT2D eigenvalue weighted by atomic mass is 9.77. The first kappa shape index (κ1) is 34.5. The summed E-state index contributed by atoms with van der Waals surface area (Å²) in [7, 11) is 0. The topological polar surface area (TPSA) is 27.6 Å². The minimum absolute atomic E-state index is 0.0149. The first-order valence-electron chi connectivity index (χ1n) is 21.0. The lowest BCUT2D eigenvalue weighted by Gasteiger charge is -2.31. The van der Waals surface area contributed by atoms with E-state index in [1.165, 1.54) is 87.9 Å². The van der Waals surface area contributed by atoms with Crippen LogP contribution in [0.4, 0.5) is 17.1 Å². The van der Waals surface area contributed by atoms with Crippen LogP contribution in [-0.4, -0.2) is 5.71 Å². The van der Waals surface area contributed by atoms with Crippen molar-refractivity contribution in [3.05, 3.63) is 245 Å². The van der Waals surface area contributed by atoms with Crippen molar-refractivity contribution in [1.29, 1.82) is 0 Å². The van der Waals surface area contributed by atoms with Gasteiger partial charge in [-0.3, -0.25) is 4.99 Å². The van der Waals surface area contributed by atoms with Crippen LogP contribution in [0.2, 0.25) is 0 Å². The van der Waals surface area contributed by atoms with Crippen LogP contribution < -0.4 is 20.7 Å². The van der Waals surface area contributed by atoms with Gasteiger partial charge < -0.3 is 10.2 Å². The first-order chi connectivity index (χ1) is 29.8. The highest BCUT2D eigenvalue weighted by Crippen LogP contribution is 2.53. The molecule has 12 rings (SSSR count). The molecule has 60 heavy (non-hydrogen) atoms. The Kier molecular flexibility index (Phi) is 8.12. The monoisotopic (exact) mass is 767 g/mol. The van der Waals surface area contributed by atoms with Gasteiger partial charge in [-0.2, -0.15) is 0 Å². The molecule has 0 saturated carbocycles. The van der Waals surface area contributed by atoms with E-state index in [0.29, 0.717) is 0 Å². The number of rotatable bonds is 6. The van der Waals surface area contributed by atoms with Crippen LogP contribution in [0, 0.1) is 5.92 Å². The van der Waals surface area contributed by atoms with Crippen molar-refractivity contribution in [2.24, 2.45) is 10.9 Å². The van der Waals surface area contributed by atoms with E-state index >= 15 is 0 Å². The first-order valence-corrected chi connectivity index (χ1v) is 21.0. The maximum atomic E-state index is 5.71. The van der Waals surface area contributed by atoms with Crippen LogP contribution >= 0.6 is 0 Å². The predicted octanol–water partition coefficient (Wildman–Crippen LogP) is 12.5. The number of nitrogens with one attached hydrogen (secondary N) is 1. The summed E-state index contributed by atoms with van der Waals surface area (Å²) in [5.74, 6) is 0.105. The summed E-state index contributed by atoms with van der Waals surface area (Å²) in [4.78, 5) is 8.21. The third-order valence-corrected chi connectivity index (χ3v) is 12.9. The van der Waals surface area contributed by atoms with E-state index in [0.717, 1.165) is 17.8 Å². The van der Waals surface area contributed by atoms with Crippen LogP contribution in [0.25, 0.3) is 43.8 Å². The van der Waals surface area contributed by atoms with Gasteiger partial charge in [-0.05, 0) is 96.4 Å². The molecule has 0 radical (unpaired) electrons. The molecule has 3 heteroatoms. The maximum Gasteiger partial charge on any atom is 0.130 e. The highest BCUT2D eigenvalue weighted by Gasteiger charge is 2.38. The summed E-state index contributed by atoms with van der Waals surface area (Å²) in [5, 5.41) is 11.7. The Labute approximate surface area is 350 Å². The summed E-state index contributed by atoms with van der Waals surface area (Å²) in [5.41, 5.74) is 14.8. The number of benzene rings is 9. The molecule has 3 nitrogen and oxygen atoms in total. The van der Waals surface area contributed by atoms with Crippen molar-refractivity contribution in [3.8, 4) is 11.1 Å². The highest BCUT2D eigenvalue weighted by atomic mass is 15.3. The van der Waals surface area contributed by atoms with Crippen LogP contribution in [0.15, 0.2) is 217 Å². The zero-order valence-electron chi connectivity index (χ0n) is 33.0. The number of aliphatic imine (C=N–C) groups is 1. The Hall–Kier alpha value is -7.49. The highest BCUT2D eigenvalue weighted by molar-refractivity contribution is 6.22. The standard InChI is InChI=1S/C57H41N3/c1-4-18-37(19-5-1)52-47-31-13-10-30-46(47)50-36-51(58-54(53(50)52)38-20-6-2-7-21-38)41-24-16-22-39(34-41)40-23-17-25-42(35-40)57-59-55-48-32-14-11-28-44(48)45-29-12-15-33-49(45)56(55)60(57)43-26-8-3-9-27-43/h1-35,51,53,57,59H,36H2. The average Bonchev–Trinajstić information content (AvgIpc) is 3.90. The summed E-state index contributed by atoms with van der Waals surface area (Å²) in [6.07, 6.45) is 0.762. The molecule has 0 aromatic heterocycles. The van der Waals surface area contributed by atoms with Gasteiger partial charge >= 0.3 is 0 Å². The molecule has 9 aromatic rings. The van der Waals surface area contributed by atoms with E-state index in [4.69, 9.17) is 4.99 Å². The molecule has 1 aliphatic carbocycles. The number of para-hydroxylation sites is 1. The molecule has 2 heterocycles. The number of fused-ring (bicyclic) bond motifs is 8. The van der Waals surface area contributed by atoms with Crippen molar-refractivity contribution >= 4 is 55.5 Å². The molecule has 0 fully saturated rings. The van der Waals surface area contributed by atoms with Crippen LogP contribution in [0.3, 0.4) is 0 Å². The molecule has 1 N–H and O–H groups in total. The van der Waals surface area contributed by atoms with E-state index < -0.39 is 0 Å². The zero-order chi connectivity index (χ0) is 39.6. The predicted molar refractivity (Wildman–Crippen MR) is 250 cm³/mol. The summed E-state index contributed by atoms with van der Waals surface area (Å²) >= 11 is 0. The van der Waals surface area contributed by atoms with Gasteiger partial charge in [0.25, 0.3) is 0 Å². The molecular formula is C57H41N3. The SMILES string of the molecule is c1ccc(C2=NC(c3cccc(-c4cccc(C5Nc6c(c7ccccc7c7ccccc67)N5c5ccccc5)c4)c3)CC3=c4ccccc4=C(c4ccccc4)C23)cc1. The summed E-state index contributed by atoms with van der Waals surface area (Å²) < 4.78 is 0. The number of nitrogens with zero attached hydrogens (tertiary/aromatic N) is 2. The second kappa shape index (κ2) is 14.1. The number of hydrogen-bond acceptors (Lipinski definition) is 3. The van der Waals surface area contributed by atoms with E-state index in [-0.39, 0.29) is 18.1 Å². The molecule has 3 atom stereocenters. The quantitative estimate of drug-likeness (QED) is 0.171. The summed E-state index contributed by atoms with van der Waals surface area (Å²) in [6.45, 7) is 0. The Morgan fingerprint density at radius 2 is 0.983 bits per heavy atom. The molecule has 0 amide bonds. The van der Waals surface area contributed by atoms with Crippen molar-refractivity contribution in [2.45, 2.75) is 18.6 Å². The van der Waals surface area contributed by atoms with Crippen LogP contribution in [-0.2, 0) is 0 Å². The maximum absolute atomic E-state index is 5.71. The van der Waals surface area contributed by atoms with Crippen molar-refractivity contribution < 1.29 is 0 Å². The number of hydrogen-bond donors (Lipinski definition) is 1. The van der Waals surface area contributed by atoms with Gasteiger partial charge in [-0.15, -0.1) is 0 Å². The Morgan fingerprint density at radius 3 is 1.70 bits per heavy atom. The average molecular weight is 768 g/mol. The second-order valence-corrected chi connectivity index (χ2v) is 16.2. The molecule has 3 aliphatic rings. The fourth-order valence-corrected chi connectivity index (χ4v) is 10.3. The molecule has 0 saturated heterocycles. The number of anilines is 3. The van der Waals surface area contributed by atoms with E-state index in [1.807, 2.05) is 0 Å². The fraction of sp³-hybridized carbons (Fsp3) is 0.0702. The Morgan fingerprint density at radius 1 is 0.450 bits per heavy atom. The van der Waals surface area contributed by atoms with Gasteiger partial charge in [-0.25, -0.2) is 0 Å². The van der Waals surface area contributed by atoms with E-state index in [2.05, 4.69) is 223 Å². The van der Waals surface area contributed by atoms with E-state index in [9.17, 15) is 0 Å². The minimum Gasteiger partial charge on any atom is -0.359 e. The Balaban J connectivity index is 0.963. The third-order valence-electron chi connectivity index (χ3n) is 12.9. The van der Waals surface area contributed by atoms with Gasteiger partial charge in [0.2, 0.25) is 0 Å². The molecule has 3 unspecified atom stereocenters. The van der Waals surface area contributed by atoms with Crippen molar-refractivity contribution in [3.63, 3.8) is 0 Å². The van der Waals surface area contributed by atoms with Gasteiger partial charge in [0, 0.05) is 22.4 Å². The molecule has 0 spiro atoms. The lowest BCUT2D eigenvalue weighted by molar-refractivity contribution is 0.710. The zero-order valence-corrected chi connectivity index (χ0v) is 33.0. The normalized spacial score (nSPS) is 17.9. The fourth-order valence-electron chi connectivity index (χ4n) is 10.3. The third kappa shape index (κ3) is 5.54. The minimum atomic E-state index is -0.109. The molecule has 0 bridgehead atoms. The lowest BCUT2D eigenvalue weighted by Crippen LogP contribution is -2.26. The molecule has 284 valence electrons. The smallest absolute Gasteiger partial charge is 0.130 e. The molecular weight excluding hydrogens is 727 g/mol. The van der Waals surface area contributed by atoms with Gasteiger partial charge in [0.05, 0.1) is 23.1 Å². The van der Waals surface area contributed by atoms with Gasteiger partial charge in [0.1, 0.15) is 6.17 Å². The van der Waals surface area contributed by atoms with E-state index in [1.54, 1.807) is 0 Å². The van der Waals surface area contributed by atoms with Crippen molar-refractivity contribution in [2.75, 3.05) is 10.2 Å². The summed E-state index contributed by atoms with van der Waals surface area (Å²) in [6, 6.07) is 77.4.